The van der Waals surface area contributed by atoms with Crippen LogP contribution in [0.3, 0.4) is 0 Å². The molecule has 0 bridgehead atoms. The highest BCUT2D eigenvalue weighted by atomic mass is 127. The van der Waals surface area contributed by atoms with Crippen molar-refractivity contribution < 1.29 is 60.8 Å². The maximum absolute atomic E-state index is 13.6. The van der Waals surface area contributed by atoms with E-state index < -0.39 is 17.8 Å². The molecule has 4 aliphatic heterocycles. The molecular formula is C80H81BrF3I2N23O10. The van der Waals surface area contributed by atoms with Gasteiger partial charge in [-0.3, -0.25) is 19.2 Å². The minimum Gasteiger partial charge on any atom is -0.490 e. The Morgan fingerprint density at radius 3 is 1.27 bits per heavy atom. The van der Waals surface area contributed by atoms with E-state index in [1.165, 1.54) is 51.3 Å². The lowest BCUT2D eigenvalue weighted by molar-refractivity contribution is -0.137. The van der Waals surface area contributed by atoms with Gasteiger partial charge in [-0.2, -0.15) is 43.3 Å². The predicted molar refractivity (Wildman–Crippen MR) is 444 cm³/mol. The molecule has 119 heavy (non-hydrogen) atoms. The van der Waals surface area contributed by atoms with Crippen LogP contribution in [0.15, 0.2) is 194 Å². The summed E-state index contributed by atoms with van der Waals surface area (Å²) in [6.45, 7) is 9.73. The van der Waals surface area contributed by atoms with Gasteiger partial charge in [0, 0.05) is 81.3 Å². The molecule has 16 rings (SSSR count). The zero-order valence-electron chi connectivity index (χ0n) is 65.1. The van der Waals surface area contributed by atoms with Crippen LogP contribution in [0.4, 0.5) is 13.2 Å². The number of nitrogens with zero attached hydrogens (tertiary/aromatic N) is 23. The third-order valence-electron chi connectivity index (χ3n) is 20.1. The normalized spacial score (nSPS) is 19.1. The maximum Gasteiger partial charge on any atom is 0.416 e. The van der Waals surface area contributed by atoms with Crippen molar-refractivity contribution in [1.29, 1.82) is 0 Å². The van der Waals surface area contributed by atoms with E-state index in [0.29, 0.717) is 107 Å². The summed E-state index contributed by atoms with van der Waals surface area (Å²) in [6, 6.07) is 36.3. The van der Waals surface area contributed by atoms with Gasteiger partial charge in [-0.15, -0.1) is 34.8 Å². The number of halogens is 6. The lowest BCUT2D eigenvalue weighted by Gasteiger charge is -2.38. The molecule has 4 amide bonds. The minimum absolute atomic E-state index is 0.0358. The second-order valence-corrected chi connectivity index (χ2v) is 31.3. The van der Waals surface area contributed by atoms with Crippen LogP contribution in [0.5, 0.6) is 35.1 Å². The molecule has 618 valence electrons. The van der Waals surface area contributed by atoms with Crippen molar-refractivity contribution in [3.05, 3.63) is 229 Å². The van der Waals surface area contributed by atoms with Crippen LogP contribution in [-0.2, 0) is 6.18 Å². The summed E-state index contributed by atoms with van der Waals surface area (Å²) in [5.41, 5.74) is 2.83. The number of piperidine rings is 4. The molecule has 0 saturated carbocycles. The first-order chi connectivity index (χ1) is 57.6. The van der Waals surface area contributed by atoms with Gasteiger partial charge in [0.25, 0.3) is 29.5 Å². The van der Waals surface area contributed by atoms with Crippen molar-refractivity contribution >= 4 is 84.7 Å². The number of pyridine rings is 5. The molecule has 9 aromatic heterocycles. The Hall–Kier alpha value is -11.8. The van der Waals surface area contributed by atoms with Crippen LogP contribution in [-0.4, -0.2) is 228 Å². The molecule has 0 N–H and O–H groups in total. The number of tetrazole rings is 2. The van der Waals surface area contributed by atoms with Crippen molar-refractivity contribution in [2.24, 2.45) is 0 Å². The topological polar surface area (TPSA) is 350 Å². The van der Waals surface area contributed by atoms with Crippen LogP contribution in [0, 0.1) is 7.14 Å². The molecule has 4 aliphatic rings. The highest BCUT2D eigenvalue weighted by Gasteiger charge is 2.39. The smallest absolute Gasteiger partial charge is 0.416 e. The minimum atomic E-state index is -4.48. The lowest BCUT2D eigenvalue weighted by atomic mass is 9.99. The summed E-state index contributed by atoms with van der Waals surface area (Å²) in [6.07, 6.45) is 16.0. The number of alkyl halides is 3. The van der Waals surface area contributed by atoms with Gasteiger partial charge in [0.15, 0.2) is 24.2 Å². The molecule has 4 saturated heterocycles. The first-order valence-electron chi connectivity index (χ1n) is 37.9. The monoisotopic (exact) mass is 1910 g/mol. The van der Waals surface area contributed by atoms with Gasteiger partial charge >= 0.3 is 6.18 Å². The Morgan fingerprint density at radius 2 is 0.832 bits per heavy atom. The lowest BCUT2D eigenvalue weighted by Crippen LogP contribution is -2.49. The standard InChI is InChI=1S/C21H23IN6O4.C20H19F3N6O2.C20H20IN5O2.C19H19BrN6O2/c1-13-4-5-14(32-20-18(31-3)16(22)8-9-23-20)12-27(13)21(29)15-6-7-17(30-2)26-19(15)28-24-10-11-25-28;1-13-6-7-15(31-18-10-14(8-9-24-18)20(21,22)23)11-28(13)19(30)16-4-2-3-5-17(16)29-26-12-25-27-29;1-14-6-7-16(28-19-12-15(21)8-9-22-19)13-25(14)20(27)17-4-2-3-5-18(17)26-23-10-11-24-26;1-13-6-7-15(28-18-10-14(20)8-9-21-18)11-25(13)19(27)16-4-2-3-5-17(16)26-23-12-22-24-26/h6-11,13-14H,4-5,12H2,1-3H3;2-5,8-10,12-13,15H,6-7,11H2,1H3;2-5,8-12,14,16H,6-7,13H2,1H3;2-5,8-10,12-13,15H,6-7,11H2,1H3/t13-,14-;13-,15-;14-,16-;13-,15-/m1111/s1. The third-order valence-corrected chi connectivity index (χ3v) is 22.1. The van der Waals surface area contributed by atoms with Crippen LogP contribution < -0.4 is 28.4 Å². The van der Waals surface area contributed by atoms with Crippen molar-refractivity contribution in [1.82, 2.24) is 115 Å². The van der Waals surface area contributed by atoms with Gasteiger partial charge in [-0.1, -0.05) is 52.3 Å². The van der Waals surface area contributed by atoms with Crippen LogP contribution in [0.1, 0.15) is 126 Å². The van der Waals surface area contributed by atoms with Gasteiger partial charge in [-0.25, -0.2) is 19.9 Å². The Morgan fingerprint density at radius 1 is 0.420 bits per heavy atom. The van der Waals surface area contributed by atoms with E-state index in [1.54, 1.807) is 90.4 Å². The molecule has 0 radical (unpaired) electrons. The van der Waals surface area contributed by atoms with Gasteiger partial charge in [0.2, 0.25) is 23.5 Å². The van der Waals surface area contributed by atoms with E-state index in [-0.39, 0.29) is 78.5 Å². The van der Waals surface area contributed by atoms with Gasteiger partial charge in [0.1, 0.15) is 35.8 Å². The number of likely N-dealkylation sites (tertiary alicyclic amines) is 4. The van der Waals surface area contributed by atoms with E-state index >= 15 is 0 Å². The Balaban J connectivity index is 0.000000138. The quantitative estimate of drug-likeness (QED) is 0.0720. The molecule has 3 aromatic carbocycles. The molecular weight excluding hydrogens is 1830 g/mol. The fourth-order valence-corrected chi connectivity index (χ4v) is 15.2. The number of amides is 4. The van der Waals surface area contributed by atoms with E-state index in [0.717, 1.165) is 68.5 Å². The molecule has 8 atom stereocenters. The Kier molecular flexibility index (Phi) is 28.4. The van der Waals surface area contributed by atoms with Crippen molar-refractivity contribution in [2.45, 2.75) is 134 Å². The van der Waals surface area contributed by atoms with Crippen LogP contribution in [0.25, 0.3) is 22.9 Å². The number of aromatic nitrogens is 19. The zero-order valence-corrected chi connectivity index (χ0v) is 71.0. The van der Waals surface area contributed by atoms with Crippen LogP contribution in [0.2, 0.25) is 0 Å². The van der Waals surface area contributed by atoms with Gasteiger partial charge in [0.05, 0.1) is 102 Å². The largest absolute Gasteiger partial charge is 0.490 e. The maximum atomic E-state index is 13.6. The summed E-state index contributed by atoms with van der Waals surface area (Å²) in [4.78, 5) is 87.3. The molecule has 0 unspecified atom stereocenters. The number of para-hydroxylation sites is 3. The number of benzene rings is 3. The number of carbonyl (C=O) groups is 4. The predicted octanol–water partition coefficient (Wildman–Crippen LogP) is 12.1. The zero-order chi connectivity index (χ0) is 83.7. The number of hydrogen-bond donors (Lipinski definition) is 0. The van der Waals surface area contributed by atoms with E-state index in [4.69, 9.17) is 28.4 Å². The number of ether oxygens (including phenoxy) is 6. The molecule has 0 aliphatic carbocycles. The van der Waals surface area contributed by atoms with Crippen molar-refractivity contribution in [3.8, 4) is 58.0 Å². The molecule has 4 fully saturated rings. The van der Waals surface area contributed by atoms with E-state index in [9.17, 15) is 32.3 Å². The summed E-state index contributed by atoms with van der Waals surface area (Å²) >= 11 is 7.84. The molecule has 0 spiro atoms. The number of methoxy groups -OCH3 is 2. The first-order valence-corrected chi connectivity index (χ1v) is 40.9. The average molecular weight is 1920 g/mol. The van der Waals surface area contributed by atoms with Crippen molar-refractivity contribution in [2.75, 3.05) is 40.4 Å². The third kappa shape index (κ3) is 21.4. The summed E-state index contributed by atoms with van der Waals surface area (Å²) in [7, 11) is 3.11. The summed E-state index contributed by atoms with van der Waals surface area (Å²) < 4.78 is 76.4. The molecule has 39 heteroatoms. The molecule has 12 aromatic rings. The summed E-state index contributed by atoms with van der Waals surface area (Å²) in [5, 5.41) is 39.9. The number of hydrogen-bond acceptors (Lipinski definition) is 25. The fraction of sp³-hybridized carbons (Fsp3) is 0.338. The number of rotatable bonds is 18. The average Bonchev–Trinajstić information content (AvgIpc) is 1.71. The Bertz CT molecular complexity index is 5240. The van der Waals surface area contributed by atoms with E-state index in [2.05, 4.69) is 151 Å². The number of carbonyl (C=O) groups excluding carboxylic acids is 4. The first kappa shape index (κ1) is 85.1. The molecule has 33 nitrogen and oxygen atoms in total. The Labute approximate surface area is 716 Å². The van der Waals surface area contributed by atoms with Crippen molar-refractivity contribution in [3.63, 3.8) is 0 Å². The highest BCUT2D eigenvalue weighted by Crippen LogP contribution is 2.36. The summed E-state index contributed by atoms with van der Waals surface area (Å²) in [5.74, 6) is 2.22. The van der Waals surface area contributed by atoms with Gasteiger partial charge in [-0.05, 0) is 201 Å². The van der Waals surface area contributed by atoms with E-state index in [1.807, 2.05) is 96.4 Å². The second-order valence-electron chi connectivity index (χ2n) is 28.0. The second kappa shape index (κ2) is 39.7. The SMILES string of the molecule is COc1ccc(C(=O)N2C[C@H](Oc3nccc(I)c3OC)CC[C@H]2C)c(-n2nccn2)n1.C[C@@H]1CC[C@@H](Oc2cc(Br)ccn2)CN1C(=O)c1ccccc1-n1ncnn1.C[C@@H]1CC[C@@H](Oc2cc(C(F)(F)F)ccn2)CN1C(=O)c1ccccc1-n1ncnn1.C[C@@H]1CC[C@@H](Oc2cc(I)ccn2)CN1C(=O)c1ccccc1-n1nccn1. The van der Waals surface area contributed by atoms with Gasteiger partial charge < -0.3 is 48.0 Å². The fourth-order valence-electron chi connectivity index (χ4n) is 13.9. The molecule has 13 heterocycles. The highest BCUT2D eigenvalue weighted by molar-refractivity contribution is 14.1. The van der Waals surface area contributed by atoms with Crippen LogP contribution >= 0.6 is 61.1 Å².